The van der Waals surface area contributed by atoms with Crippen molar-refractivity contribution in [2.75, 3.05) is 13.1 Å². The molecule has 0 bridgehead atoms. The van der Waals surface area contributed by atoms with Crippen molar-refractivity contribution in [1.29, 1.82) is 0 Å². The van der Waals surface area contributed by atoms with E-state index in [0.717, 1.165) is 12.3 Å². The Morgan fingerprint density at radius 3 is 2.48 bits per heavy atom. The van der Waals surface area contributed by atoms with Crippen LogP contribution in [0, 0.1) is 0 Å². The van der Waals surface area contributed by atoms with Crippen molar-refractivity contribution >= 4 is 0 Å². The number of hydrogen-bond acceptors (Lipinski definition) is 3. The van der Waals surface area contributed by atoms with Gasteiger partial charge in [0.1, 0.15) is 12.4 Å². The molecule has 0 aromatic heterocycles. The van der Waals surface area contributed by atoms with E-state index in [4.69, 9.17) is 10.5 Å². The SMILES string of the molecule is NCC(c1ccc(OCc2ccccc2)cc1)C1CCCCN1. The fourth-order valence-corrected chi connectivity index (χ4v) is 3.31. The average Bonchev–Trinajstić information content (AvgIpc) is 2.63. The molecule has 1 saturated heterocycles. The highest BCUT2D eigenvalue weighted by atomic mass is 16.5. The van der Waals surface area contributed by atoms with E-state index in [1.807, 2.05) is 18.2 Å². The Hall–Kier alpha value is -1.84. The van der Waals surface area contributed by atoms with Crippen LogP contribution in [0.4, 0.5) is 0 Å². The van der Waals surface area contributed by atoms with Crippen molar-refractivity contribution in [3.8, 4) is 5.75 Å². The van der Waals surface area contributed by atoms with E-state index < -0.39 is 0 Å². The van der Waals surface area contributed by atoms with Gasteiger partial charge in [-0.1, -0.05) is 48.9 Å². The van der Waals surface area contributed by atoms with E-state index in [9.17, 15) is 0 Å². The molecule has 0 radical (unpaired) electrons. The number of piperidine rings is 1. The number of nitrogens with one attached hydrogen (secondary N) is 1. The monoisotopic (exact) mass is 310 g/mol. The van der Waals surface area contributed by atoms with Crippen LogP contribution in [0.1, 0.15) is 36.3 Å². The van der Waals surface area contributed by atoms with Crippen LogP contribution in [0.25, 0.3) is 0 Å². The number of rotatable bonds is 6. The van der Waals surface area contributed by atoms with E-state index in [1.165, 1.54) is 30.4 Å². The summed E-state index contributed by atoms with van der Waals surface area (Å²) in [6.07, 6.45) is 3.79. The Balaban J connectivity index is 1.61. The zero-order chi connectivity index (χ0) is 15.9. The van der Waals surface area contributed by atoms with Gasteiger partial charge < -0.3 is 15.8 Å². The summed E-state index contributed by atoms with van der Waals surface area (Å²) < 4.78 is 5.86. The molecule has 23 heavy (non-hydrogen) atoms. The van der Waals surface area contributed by atoms with E-state index >= 15 is 0 Å². The molecule has 2 aromatic rings. The maximum Gasteiger partial charge on any atom is 0.119 e. The normalized spacial score (nSPS) is 19.3. The molecule has 2 aromatic carbocycles. The second kappa shape index (κ2) is 8.14. The van der Waals surface area contributed by atoms with Crippen LogP contribution in [0.15, 0.2) is 54.6 Å². The second-order valence-corrected chi connectivity index (χ2v) is 6.24. The van der Waals surface area contributed by atoms with Crippen molar-refractivity contribution in [2.45, 2.75) is 37.8 Å². The summed E-state index contributed by atoms with van der Waals surface area (Å²) in [5.41, 5.74) is 8.52. The molecule has 3 N–H and O–H groups in total. The lowest BCUT2D eigenvalue weighted by Crippen LogP contribution is -2.41. The van der Waals surface area contributed by atoms with E-state index in [0.29, 0.717) is 25.1 Å². The van der Waals surface area contributed by atoms with Gasteiger partial charge in [-0.3, -0.25) is 0 Å². The summed E-state index contributed by atoms with van der Waals surface area (Å²) >= 11 is 0. The lowest BCUT2D eigenvalue weighted by atomic mass is 9.86. The minimum Gasteiger partial charge on any atom is -0.489 e. The smallest absolute Gasteiger partial charge is 0.119 e. The first-order chi connectivity index (χ1) is 11.4. The molecule has 2 unspecified atom stereocenters. The molecule has 1 aliphatic heterocycles. The molecule has 3 rings (SSSR count). The highest BCUT2D eigenvalue weighted by molar-refractivity contribution is 5.31. The average molecular weight is 310 g/mol. The Labute approximate surface area is 138 Å². The largest absolute Gasteiger partial charge is 0.489 e. The maximum atomic E-state index is 6.04. The molecule has 0 aliphatic carbocycles. The van der Waals surface area contributed by atoms with Crippen molar-refractivity contribution in [2.24, 2.45) is 5.73 Å². The van der Waals surface area contributed by atoms with E-state index in [2.05, 4.69) is 41.7 Å². The molecular weight excluding hydrogens is 284 g/mol. The van der Waals surface area contributed by atoms with Gasteiger partial charge in [0.25, 0.3) is 0 Å². The van der Waals surface area contributed by atoms with Gasteiger partial charge in [-0.2, -0.15) is 0 Å². The fourth-order valence-electron chi connectivity index (χ4n) is 3.31. The zero-order valence-corrected chi connectivity index (χ0v) is 13.6. The van der Waals surface area contributed by atoms with Crippen LogP contribution >= 0.6 is 0 Å². The molecular formula is C20H26N2O. The summed E-state index contributed by atoms with van der Waals surface area (Å²) in [5.74, 6) is 1.29. The van der Waals surface area contributed by atoms with Crippen LogP contribution in [-0.4, -0.2) is 19.1 Å². The van der Waals surface area contributed by atoms with Crippen molar-refractivity contribution < 1.29 is 4.74 Å². The molecule has 0 spiro atoms. The third-order valence-electron chi connectivity index (χ3n) is 4.64. The van der Waals surface area contributed by atoms with Gasteiger partial charge in [0.05, 0.1) is 0 Å². The minimum absolute atomic E-state index is 0.387. The number of hydrogen-bond donors (Lipinski definition) is 2. The summed E-state index contributed by atoms with van der Waals surface area (Å²) in [5, 5.41) is 3.62. The highest BCUT2D eigenvalue weighted by Crippen LogP contribution is 2.26. The van der Waals surface area contributed by atoms with Crippen molar-refractivity contribution in [3.05, 3.63) is 65.7 Å². The summed E-state index contributed by atoms with van der Waals surface area (Å²) in [6, 6.07) is 19.2. The van der Waals surface area contributed by atoms with Crippen LogP contribution in [0.2, 0.25) is 0 Å². The Morgan fingerprint density at radius 2 is 1.83 bits per heavy atom. The van der Waals surface area contributed by atoms with Gasteiger partial charge in [-0.25, -0.2) is 0 Å². The molecule has 122 valence electrons. The van der Waals surface area contributed by atoms with Crippen LogP contribution < -0.4 is 15.8 Å². The third kappa shape index (κ3) is 4.34. The van der Waals surface area contributed by atoms with Crippen molar-refractivity contribution in [1.82, 2.24) is 5.32 Å². The lowest BCUT2D eigenvalue weighted by Gasteiger charge is -2.31. The van der Waals surface area contributed by atoms with E-state index in [1.54, 1.807) is 0 Å². The molecule has 3 nitrogen and oxygen atoms in total. The van der Waals surface area contributed by atoms with Gasteiger partial charge >= 0.3 is 0 Å². The second-order valence-electron chi connectivity index (χ2n) is 6.24. The first-order valence-corrected chi connectivity index (χ1v) is 8.57. The minimum atomic E-state index is 0.387. The first kappa shape index (κ1) is 16.0. The standard InChI is InChI=1S/C20H26N2O/c21-14-19(20-8-4-5-13-22-20)17-9-11-18(12-10-17)23-15-16-6-2-1-3-7-16/h1-3,6-7,9-12,19-20,22H,4-5,8,13-15,21H2. The fraction of sp³-hybridized carbons (Fsp3) is 0.400. The Bertz CT molecular complexity index is 576. The molecule has 1 aliphatic rings. The summed E-state index contributed by atoms with van der Waals surface area (Å²) in [6.45, 7) is 2.39. The third-order valence-corrected chi connectivity index (χ3v) is 4.64. The number of benzene rings is 2. The van der Waals surface area contributed by atoms with E-state index in [-0.39, 0.29) is 0 Å². The quantitative estimate of drug-likeness (QED) is 0.859. The molecule has 3 heteroatoms. The first-order valence-electron chi connectivity index (χ1n) is 8.57. The van der Waals surface area contributed by atoms with Crippen molar-refractivity contribution in [3.63, 3.8) is 0 Å². The Morgan fingerprint density at radius 1 is 1.04 bits per heavy atom. The number of ether oxygens (including phenoxy) is 1. The maximum absolute atomic E-state index is 6.04. The molecule has 0 amide bonds. The zero-order valence-electron chi connectivity index (χ0n) is 13.6. The molecule has 1 heterocycles. The Kier molecular flexibility index (Phi) is 5.67. The topological polar surface area (TPSA) is 47.3 Å². The van der Waals surface area contributed by atoms with Gasteiger partial charge in [-0.05, 0) is 42.6 Å². The summed E-state index contributed by atoms with van der Waals surface area (Å²) in [7, 11) is 0. The predicted octanol–water partition coefficient (Wildman–Crippen LogP) is 3.45. The van der Waals surface area contributed by atoms with Gasteiger partial charge in [0, 0.05) is 18.5 Å². The van der Waals surface area contributed by atoms with Crippen LogP contribution in [-0.2, 0) is 6.61 Å². The van der Waals surface area contributed by atoms with Gasteiger partial charge in [0.2, 0.25) is 0 Å². The van der Waals surface area contributed by atoms with Crippen LogP contribution in [0.5, 0.6) is 5.75 Å². The summed E-state index contributed by atoms with van der Waals surface area (Å²) in [4.78, 5) is 0. The number of nitrogens with two attached hydrogens (primary N) is 1. The molecule has 2 atom stereocenters. The van der Waals surface area contributed by atoms with Gasteiger partial charge in [-0.15, -0.1) is 0 Å². The van der Waals surface area contributed by atoms with Gasteiger partial charge in [0.15, 0.2) is 0 Å². The molecule has 1 fully saturated rings. The van der Waals surface area contributed by atoms with Crippen LogP contribution in [0.3, 0.4) is 0 Å². The highest BCUT2D eigenvalue weighted by Gasteiger charge is 2.23. The predicted molar refractivity (Wildman–Crippen MR) is 94.7 cm³/mol. The lowest BCUT2D eigenvalue weighted by molar-refractivity contribution is 0.305. The molecule has 0 saturated carbocycles.